The standard InChI is InChI=1S/C60H38N2O2/c1-2-14-39(15-3-1)40-28-32-43(33-29-40)61(44-34-30-41(31-35-44)46-22-13-23-51-49-20-6-10-26-56(49)63-59(46)51)55-37-36-52-50-21-7-11-27-57(50)64-60(52)58(55)42-16-12-17-45(38-42)62-53-24-8-4-18-47(53)48-19-5-9-25-54(48)62/h1-38H. The lowest BCUT2D eigenvalue weighted by Crippen LogP contribution is -2.11. The van der Waals surface area contributed by atoms with Crippen molar-refractivity contribution in [3.05, 3.63) is 231 Å². The summed E-state index contributed by atoms with van der Waals surface area (Å²) in [5.74, 6) is 0. The Bertz CT molecular complexity index is 3840. The predicted octanol–water partition coefficient (Wildman–Crippen LogP) is 17.1. The second-order valence-corrected chi connectivity index (χ2v) is 16.4. The molecule has 0 spiro atoms. The summed E-state index contributed by atoms with van der Waals surface area (Å²) in [6.07, 6.45) is 0. The molecule has 0 atom stereocenters. The number of aromatic nitrogens is 1. The normalized spacial score (nSPS) is 11.8. The average molecular weight is 819 g/mol. The largest absolute Gasteiger partial charge is 0.455 e. The SMILES string of the molecule is c1ccc(-c2ccc(N(c3ccc(-c4cccc5c4oc4ccccc45)cc3)c3ccc4c(oc5ccccc54)c3-c3cccc(-n4c5ccccc5c5ccccc54)c3)cc2)cc1. The Labute approximate surface area is 369 Å². The van der Waals surface area contributed by atoms with Gasteiger partial charge in [-0.15, -0.1) is 0 Å². The van der Waals surface area contributed by atoms with Crippen LogP contribution >= 0.6 is 0 Å². The number of hydrogen-bond acceptors (Lipinski definition) is 3. The van der Waals surface area contributed by atoms with Crippen molar-refractivity contribution < 1.29 is 8.83 Å². The van der Waals surface area contributed by atoms with Crippen LogP contribution < -0.4 is 4.90 Å². The van der Waals surface area contributed by atoms with Gasteiger partial charge in [-0.1, -0.05) is 158 Å². The molecule has 0 N–H and O–H groups in total. The van der Waals surface area contributed by atoms with Gasteiger partial charge in [-0.25, -0.2) is 0 Å². The highest BCUT2D eigenvalue weighted by Gasteiger charge is 2.24. The average Bonchev–Trinajstić information content (AvgIpc) is 4.05. The number of para-hydroxylation sites is 5. The summed E-state index contributed by atoms with van der Waals surface area (Å²) < 4.78 is 15.8. The lowest BCUT2D eigenvalue weighted by Gasteiger charge is -2.28. The minimum absolute atomic E-state index is 0.845. The number of fused-ring (bicyclic) bond motifs is 9. The molecular formula is C60H38N2O2. The molecule has 4 nitrogen and oxygen atoms in total. The number of hydrogen-bond donors (Lipinski definition) is 0. The van der Waals surface area contributed by atoms with Crippen LogP contribution in [0.5, 0.6) is 0 Å². The molecule has 0 fully saturated rings. The molecule has 0 aliphatic carbocycles. The summed E-state index contributed by atoms with van der Waals surface area (Å²) in [7, 11) is 0. The maximum atomic E-state index is 6.95. The molecule has 0 saturated heterocycles. The Morgan fingerprint density at radius 1 is 0.328 bits per heavy atom. The van der Waals surface area contributed by atoms with Gasteiger partial charge >= 0.3 is 0 Å². The Morgan fingerprint density at radius 2 is 0.828 bits per heavy atom. The van der Waals surface area contributed by atoms with E-state index in [9.17, 15) is 0 Å². The molecule has 0 unspecified atom stereocenters. The topological polar surface area (TPSA) is 34.5 Å². The van der Waals surface area contributed by atoms with Gasteiger partial charge < -0.3 is 18.3 Å². The second-order valence-electron chi connectivity index (χ2n) is 16.4. The first-order valence-electron chi connectivity index (χ1n) is 21.7. The van der Waals surface area contributed by atoms with Crippen LogP contribution in [0.2, 0.25) is 0 Å². The molecule has 0 amide bonds. The van der Waals surface area contributed by atoms with Crippen molar-refractivity contribution in [1.82, 2.24) is 4.57 Å². The lowest BCUT2D eigenvalue weighted by atomic mass is 9.97. The first kappa shape index (κ1) is 36.1. The molecule has 64 heavy (non-hydrogen) atoms. The van der Waals surface area contributed by atoms with Gasteiger partial charge in [0.05, 0.1) is 16.7 Å². The number of rotatable bonds is 7. The fraction of sp³-hybridized carbons (Fsp3) is 0. The number of anilines is 3. The third kappa shape index (κ3) is 5.70. The second kappa shape index (κ2) is 14.5. The van der Waals surface area contributed by atoms with Crippen LogP contribution in [0.1, 0.15) is 0 Å². The molecule has 3 heterocycles. The van der Waals surface area contributed by atoms with E-state index in [0.717, 1.165) is 94.4 Å². The van der Waals surface area contributed by atoms with E-state index in [1.165, 1.54) is 27.4 Å². The molecule has 0 bridgehead atoms. The van der Waals surface area contributed by atoms with E-state index in [1.807, 2.05) is 18.2 Å². The van der Waals surface area contributed by atoms with E-state index in [0.29, 0.717) is 0 Å². The van der Waals surface area contributed by atoms with Crippen molar-refractivity contribution in [3.63, 3.8) is 0 Å². The molecule has 10 aromatic carbocycles. The van der Waals surface area contributed by atoms with E-state index in [4.69, 9.17) is 8.83 Å². The summed E-state index contributed by atoms with van der Waals surface area (Å²) in [6, 6.07) is 82.1. The predicted molar refractivity (Wildman–Crippen MR) is 266 cm³/mol. The third-order valence-corrected chi connectivity index (χ3v) is 12.8. The fourth-order valence-electron chi connectivity index (χ4n) is 9.87. The van der Waals surface area contributed by atoms with Crippen molar-refractivity contribution >= 4 is 82.7 Å². The van der Waals surface area contributed by atoms with Crippen molar-refractivity contribution in [3.8, 4) is 39.1 Å². The van der Waals surface area contributed by atoms with Crippen LogP contribution in [0.15, 0.2) is 239 Å². The van der Waals surface area contributed by atoms with Crippen molar-refractivity contribution in [2.75, 3.05) is 4.90 Å². The van der Waals surface area contributed by atoms with Crippen LogP contribution in [0.4, 0.5) is 17.1 Å². The summed E-state index contributed by atoms with van der Waals surface area (Å²) in [4.78, 5) is 2.37. The molecular weight excluding hydrogens is 781 g/mol. The van der Waals surface area contributed by atoms with E-state index in [2.05, 4.69) is 222 Å². The number of benzene rings is 10. The van der Waals surface area contributed by atoms with Gasteiger partial charge in [0, 0.05) is 60.5 Å². The molecule has 13 aromatic rings. The van der Waals surface area contributed by atoms with Gasteiger partial charge in [0.2, 0.25) is 0 Å². The van der Waals surface area contributed by atoms with Crippen molar-refractivity contribution in [2.45, 2.75) is 0 Å². The van der Waals surface area contributed by atoms with E-state index in [-0.39, 0.29) is 0 Å². The van der Waals surface area contributed by atoms with Crippen LogP contribution in [0.3, 0.4) is 0 Å². The van der Waals surface area contributed by atoms with Gasteiger partial charge in [0.25, 0.3) is 0 Å². The zero-order valence-corrected chi connectivity index (χ0v) is 34.7. The summed E-state index contributed by atoms with van der Waals surface area (Å²) in [5, 5.41) is 6.86. The molecule has 4 heteroatoms. The van der Waals surface area contributed by atoms with Gasteiger partial charge in [0.1, 0.15) is 22.3 Å². The highest BCUT2D eigenvalue weighted by atomic mass is 16.3. The highest BCUT2D eigenvalue weighted by molar-refractivity contribution is 6.14. The van der Waals surface area contributed by atoms with Crippen molar-refractivity contribution in [1.29, 1.82) is 0 Å². The fourth-order valence-corrected chi connectivity index (χ4v) is 9.87. The Morgan fingerprint density at radius 3 is 1.50 bits per heavy atom. The number of furan rings is 2. The zero-order chi connectivity index (χ0) is 42.1. The monoisotopic (exact) mass is 818 g/mol. The lowest BCUT2D eigenvalue weighted by molar-refractivity contribution is 0.669. The van der Waals surface area contributed by atoms with Crippen LogP contribution in [-0.2, 0) is 0 Å². The maximum absolute atomic E-state index is 6.95. The van der Waals surface area contributed by atoms with Gasteiger partial charge in [-0.2, -0.15) is 0 Å². The van der Waals surface area contributed by atoms with Crippen molar-refractivity contribution in [2.24, 2.45) is 0 Å². The van der Waals surface area contributed by atoms with E-state index in [1.54, 1.807) is 0 Å². The smallest absolute Gasteiger partial charge is 0.145 e. The van der Waals surface area contributed by atoms with Crippen LogP contribution in [-0.4, -0.2) is 4.57 Å². The van der Waals surface area contributed by atoms with E-state index < -0.39 is 0 Å². The number of nitrogens with zero attached hydrogens (tertiary/aromatic N) is 2. The van der Waals surface area contributed by atoms with Crippen LogP contribution in [0.25, 0.3) is 105 Å². The summed E-state index contributed by atoms with van der Waals surface area (Å²) in [5.41, 5.74) is 16.5. The first-order chi connectivity index (χ1) is 31.7. The summed E-state index contributed by atoms with van der Waals surface area (Å²) in [6.45, 7) is 0. The highest BCUT2D eigenvalue weighted by Crippen LogP contribution is 2.48. The van der Waals surface area contributed by atoms with Gasteiger partial charge in [0.15, 0.2) is 0 Å². The molecule has 0 radical (unpaired) electrons. The first-order valence-corrected chi connectivity index (χ1v) is 21.7. The molecule has 3 aromatic heterocycles. The molecule has 300 valence electrons. The molecule has 0 saturated carbocycles. The maximum Gasteiger partial charge on any atom is 0.145 e. The molecule has 0 aliphatic heterocycles. The van der Waals surface area contributed by atoms with E-state index >= 15 is 0 Å². The Kier molecular flexibility index (Phi) is 8.18. The molecule has 0 aliphatic rings. The minimum atomic E-state index is 0.845. The van der Waals surface area contributed by atoms with Gasteiger partial charge in [-0.05, 0) is 95.1 Å². The zero-order valence-electron chi connectivity index (χ0n) is 34.7. The Balaban J connectivity index is 1.03. The summed E-state index contributed by atoms with van der Waals surface area (Å²) >= 11 is 0. The Hall–Kier alpha value is -8.60. The third-order valence-electron chi connectivity index (χ3n) is 12.8. The van der Waals surface area contributed by atoms with Crippen LogP contribution in [0, 0.1) is 0 Å². The quantitative estimate of drug-likeness (QED) is 0.161. The molecule has 13 rings (SSSR count). The minimum Gasteiger partial charge on any atom is -0.455 e. The van der Waals surface area contributed by atoms with Gasteiger partial charge in [-0.3, -0.25) is 0 Å².